The van der Waals surface area contributed by atoms with E-state index in [4.69, 9.17) is 4.74 Å². The van der Waals surface area contributed by atoms with Crippen LogP contribution >= 0.6 is 0 Å². The van der Waals surface area contributed by atoms with Gasteiger partial charge in [0.25, 0.3) is 0 Å². The van der Waals surface area contributed by atoms with Crippen LogP contribution in [0, 0.1) is 0 Å². The summed E-state index contributed by atoms with van der Waals surface area (Å²) in [5.41, 5.74) is 1.09. The molecule has 1 N–H and O–H groups in total. The smallest absolute Gasteiger partial charge is 0.302 e. The molecule has 0 unspecified atom stereocenters. The zero-order valence-electron chi connectivity index (χ0n) is 10.8. The maximum Gasteiger partial charge on any atom is 0.302 e. The molecule has 0 amide bonds. The minimum Gasteiger partial charge on any atom is -0.465 e. The minimum absolute atomic E-state index is 0.119. The van der Waals surface area contributed by atoms with Crippen molar-refractivity contribution >= 4 is 5.97 Å². The van der Waals surface area contributed by atoms with Crippen LogP contribution in [0.25, 0.3) is 0 Å². The van der Waals surface area contributed by atoms with Gasteiger partial charge in [-0.3, -0.25) is 4.79 Å². The molecule has 3 nitrogen and oxygen atoms in total. The first-order valence-corrected chi connectivity index (χ1v) is 6.49. The number of rotatable bonds is 3. The van der Waals surface area contributed by atoms with E-state index in [9.17, 15) is 9.90 Å². The molecule has 0 atom stereocenters. The Morgan fingerprint density at radius 3 is 2.50 bits per heavy atom. The van der Waals surface area contributed by atoms with Gasteiger partial charge in [0.05, 0.1) is 6.10 Å². The lowest BCUT2D eigenvalue weighted by molar-refractivity contribution is -0.143. The number of hydrogen-bond acceptors (Lipinski definition) is 3. The van der Waals surface area contributed by atoms with Crippen molar-refractivity contribution in [2.75, 3.05) is 6.61 Å². The lowest BCUT2D eigenvalue weighted by Crippen LogP contribution is -2.38. The van der Waals surface area contributed by atoms with E-state index in [-0.39, 0.29) is 17.5 Å². The number of esters is 1. The van der Waals surface area contributed by atoms with Gasteiger partial charge < -0.3 is 9.84 Å². The fourth-order valence-electron chi connectivity index (χ4n) is 2.70. The van der Waals surface area contributed by atoms with Gasteiger partial charge >= 0.3 is 5.97 Å². The van der Waals surface area contributed by atoms with Crippen molar-refractivity contribution in [2.45, 2.75) is 44.1 Å². The molecular weight excluding hydrogens is 228 g/mol. The predicted molar refractivity (Wildman–Crippen MR) is 69.2 cm³/mol. The molecule has 98 valence electrons. The van der Waals surface area contributed by atoms with Gasteiger partial charge in [0.15, 0.2) is 0 Å². The third kappa shape index (κ3) is 2.91. The molecule has 1 aliphatic carbocycles. The second-order valence-corrected chi connectivity index (χ2v) is 5.16. The Balaban J connectivity index is 2.20. The molecule has 1 fully saturated rings. The molecule has 1 aliphatic rings. The Kier molecular flexibility index (Phi) is 4.02. The van der Waals surface area contributed by atoms with Gasteiger partial charge in [-0.2, -0.15) is 0 Å². The normalized spacial score (nSPS) is 27.8. The summed E-state index contributed by atoms with van der Waals surface area (Å²) in [7, 11) is 0. The second kappa shape index (κ2) is 5.53. The van der Waals surface area contributed by atoms with Gasteiger partial charge in [-0.1, -0.05) is 30.3 Å². The Hall–Kier alpha value is -1.35. The number of carbonyl (C=O) groups excluding carboxylic acids is 1. The average Bonchev–Trinajstić information content (AvgIpc) is 2.39. The molecule has 0 radical (unpaired) electrons. The molecular formula is C15H20O3. The summed E-state index contributed by atoms with van der Waals surface area (Å²) in [6.45, 7) is 1.86. The highest BCUT2D eigenvalue weighted by Crippen LogP contribution is 2.39. The van der Waals surface area contributed by atoms with E-state index in [0.29, 0.717) is 6.61 Å². The van der Waals surface area contributed by atoms with Crippen molar-refractivity contribution in [1.82, 2.24) is 0 Å². The van der Waals surface area contributed by atoms with E-state index in [2.05, 4.69) is 12.1 Å². The topological polar surface area (TPSA) is 46.5 Å². The van der Waals surface area contributed by atoms with Gasteiger partial charge in [-0.25, -0.2) is 0 Å². The van der Waals surface area contributed by atoms with Crippen LogP contribution in [0.3, 0.4) is 0 Å². The number of hydrogen-bond donors (Lipinski definition) is 1. The van der Waals surface area contributed by atoms with Crippen LogP contribution < -0.4 is 0 Å². The van der Waals surface area contributed by atoms with Gasteiger partial charge in [0.2, 0.25) is 0 Å². The zero-order chi connectivity index (χ0) is 13.0. The largest absolute Gasteiger partial charge is 0.465 e. The number of carbonyl (C=O) groups is 1. The number of aliphatic hydroxyl groups is 1. The summed E-state index contributed by atoms with van der Waals surface area (Å²) in [6.07, 6.45) is 3.07. The Morgan fingerprint density at radius 2 is 1.94 bits per heavy atom. The fraction of sp³-hybridized carbons (Fsp3) is 0.533. The first kappa shape index (κ1) is 13.1. The van der Waals surface area contributed by atoms with Gasteiger partial charge in [-0.05, 0) is 31.2 Å². The fourth-order valence-corrected chi connectivity index (χ4v) is 2.70. The minimum atomic E-state index is -0.239. The number of aliphatic hydroxyl groups excluding tert-OH is 1. The molecule has 2 rings (SSSR count). The first-order chi connectivity index (χ1) is 8.62. The van der Waals surface area contributed by atoms with E-state index in [0.717, 1.165) is 25.7 Å². The van der Waals surface area contributed by atoms with E-state index in [1.165, 1.54) is 12.5 Å². The van der Waals surface area contributed by atoms with Crippen molar-refractivity contribution in [1.29, 1.82) is 0 Å². The van der Waals surface area contributed by atoms with Crippen LogP contribution in [-0.2, 0) is 14.9 Å². The maximum atomic E-state index is 11.1. The van der Waals surface area contributed by atoms with E-state index < -0.39 is 0 Å². The molecule has 3 heteroatoms. The Labute approximate surface area is 108 Å². The lowest BCUT2D eigenvalue weighted by Gasteiger charge is -2.38. The predicted octanol–water partition coefficient (Wildman–Crippen LogP) is 2.42. The lowest BCUT2D eigenvalue weighted by atomic mass is 9.69. The van der Waals surface area contributed by atoms with Crippen LogP contribution in [0.1, 0.15) is 38.2 Å². The Bertz CT molecular complexity index is 391. The number of benzene rings is 1. The molecule has 0 aromatic heterocycles. The zero-order valence-corrected chi connectivity index (χ0v) is 10.8. The molecule has 0 heterocycles. The molecule has 1 aromatic rings. The summed E-state index contributed by atoms with van der Waals surface area (Å²) < 4.78 is 5.25. The summed E-state index contributed by atoms with van der Waals surface area (Å²) in [5, 5.41) is 9.66. The first-order valence-electron chi connectivity index (χ1n) is 6.49. The van der Waals surface area contributed by atoms with Crippen LogP contribution in [0.2, 0.25) is 0 Å². The second-order valence-electron chi connectivity index (χ2n) is 5.16. The van der Waals surface area contributed by atoms with Crippen molar-refractivity contribution in [2.24, 2.45) is 0 Å². The molecule has 0 saturated heterocycles. The maximum absolute atomic E-state index is 11.1. The van der Waals surface area contributed by atoms with Crippen molar-refractivity contribution in [3.05, 3.63) is 35.9 Å². The van der Waals surface area contributed by atoms with Crippen molar-refractivity contribution < 1.29 is 14.6 Å². The standard InChI is InChI=1S/C15H20O3/c1-12(16)18-11-15(9-7-14(17)8-10-15)13-5-3-2-4-6-13/h2-6,14,17H,7-11H2,1H3/t14-,15+. The molecule has 0 spiro atoms. The van der Waals surface area contributed by atoms with Crippen molar-refractivity contribution in [3.8, 4) is 0 Å². The van der Waals surface area contributed by atoms with Gasteiger partial charge in [0, 0.05) is 12.3 Å². The average molecular weight is 248 g/mol. The SMILES string of the molecule is CC(=O)OC[C@]1(c2ccccc2)CC[C@@H](O)CC1. The van der Waals surface area contributed by atoms with E-state index >= 15 is 0 Å². The highest BCUT2D eigenvalue weighted by atomic mass is 16.5. The van der Waals surface area contributed by atoms with Crippen LogP contribution in [-0.4, -0.2) is 23.8 Å². The summed E-state index contributed by atoms with van der Waals surface area (Å²) in [4.78, 5) is 11.1. The number of ether oxygens (including phenoxy) is 1. The third-order valence-electron chi connectivity index (χ3n) is 3.85. The quantitative estimate of drug-likeness (QED) is 0.836. The van der Waals surface area contributed by atoms with Gasteiger partial charge in [-0.15, -0.1) is 0 Å². The van der Waals surface area contributed by atoms with Gasteiger partial charge in [0.1, 0.15) is 6.61 Å². The molecule has 1 aromatic carbocycles. The molecule has 0 aliphatic heterocycles. The molecule has 0 bridgehead atoms. The molecule has 18 heavy (non-hydrogen) atoms. The van der Waals surface area contributed by atoms with Crippen LogP contribution in [0.4, 0.5) is 0 Å². The summed E-state index contributed by atoms with van der Waals surface area (Å²) in [6, 6.07) is 10.2. The molecule has 1 saturated carbocycles. The van der Waals surface area contributed by atoms with Crippen LogP contribution in [0.5, 0.6) is 0 Å². The van der Waals surface area contributed by atoms with Crippen LogP contribution in [0.15, 0.2) is 30.3 Å². The Morgan fingerprint density at radius 1 is 1.33 bits per heavy atom. The monoisotopic (exact) mass is 248 g/mol. The van der Waals surface area contributed by atoms with Crippen molar-refractivity contribution in [3.63, 3.8) is 0 Å². The highest BCUT2D eigenvalue weighted by Gasteiger charge is 2.37. The summed E-state index contributed by atoms with van der Waals surface area (Å²) in [5.74, 6) is -0.239. The highest BCUT2D eigenvalue weighted by molar-refractivity contribution is 5.66. The summed E-state index contributed by atoms with van der Waals surface area (Å²) >= 11 is 0. The van der Waals surface area contributed by atoms with E-state index in [1.54, 1.807) is 0 Å². The third-order valence-corrected chi connectivity index (χ3v) is 3.85. The van der Waals surface area contributed by atoms with E-state index in [1.807, 2.05) is 18.2 Å².